The first-order valence-corrected chi connectivity index (χ1v) is 7.06. The zero-order valence-corrected chi connectivity index (χ0v) is 12.8. The van der Waals surface area contributed by atoms with Gasteiger partial charge in [0.1, 0.15) is 17.9 Å². The molecule has 7 heteroatoms. The number of primary amides is 1. The van der Waals surface area contributed by atoms with Gasteiger partial charge in [0.05, 0.1) is 0 Å². The molecular formula is C16H20FN3O3. The van der Waals surface area contributed by atoms with Gasteiger partial charge >= 0.3 is 0 Å². The second-order valence-electron chi connectivity index (χ2n) is 5.04. The van der Waals surface area contributed by atoms with Gasteiger partial charge in [-0.15, -0.1) is 6.58 Å². The first kappa shape index (κ1) is 18.3. The van der Waals surface area contributed by atoms with E-state index in [-0.39, 0.29) is 18.4 Å². The largest absolute Gasteiger partial charge is 0.368 e. The van der Waals surface area contributed by atoms with Gasteiger partial charge in [-0.1, -0.05) is 24.3 Å². The van der Waals surface area contributed by atoms with Crippen LogP contribution in [0.15, 0.2) is 36.9 Å². The Hall–Kier alpha value is -2.70. The van der Waals surface area contributed by atoms with Crippen molar-refractivity contribution in [2.45, 2.75) is 31.8 Å². The van der Waals surface area contributed by atoms with Crippen LogP contribution < -0.4 is 16.4 Å². The smallest absolute Gasteiger partial charge is 0.243 e. The third-order valence-electron chi connectivity index (χ3n) is 3.14. The Kier molecular flexibility index (Phi) is 6.92. The predicted octanol–water partition coefficient (Wildman–Crippen LogP) is 0.419. The SMILES string of the molecule is C=CC[C@H](NC(=O)[C@H](Cc1ccccc1F)NC(C)=O)C(N)=O. The van der Waals surface area contributed by atoms with Crippen molar-refractivity contribution in [1.29, 1.82) is 0 Å². The molecule has 3 amide bonds. The highest BCUT2D eigenvalue weighted by molar-refractivity contribution is 5.91. The summed E-state index contributed by atoms with van der Waals surface area (Å²) >= 11 is 0. The molecule has 0 aliphatic rings. The maximum absolute atomic E-state index is 13.7. The van der Waals surface area contributed by atoms with Crippen LogP contribution in [0, 0.1) is 5.82 Å². The van der Waals surface area contributed by atoms with E-state index in [2.05, 4.69) is 17.2 Å². The molecule has 0 aliphatic heterocycles. The number of carbonyl (C=O) groups excluding carboxylic acids is 3. The van der Waals surface area contributed by atoms with E-state index in [0.717, 1.165) is 0 Å². The quantitative estimate of drug-likeness (QED) is 0.605. The van der Waals surface area contributed by atoms with Crippen molar-refractivity contribution in [3.05, 3.63) is 48.3 Å². The minimum atomic E-state index is -1.02. The summed E-state index contributed by atoms with van der Waals surface area (Å²) < 4.78 is 13.7. The lowest BCUT2D eigenvalue weighted by atomic mass is 10.0. The van der Waals surface area contributed by atoms with Crippen molar-refractivity contribution >= 4 is 17.7 Å². The highest BCUT2D eigenvalue weighted by atomic mass is 19.1. The lowest BCUT2D eigenvalue weighted by Crippen LogP contribution is -2.53. The Morgan fingerprint density at radius 2 is 1.91 bits per heavy atom. The second-order valence-corrected chi connectivity index (χ2v) is 5.04. The van der Waals surface area contributed by atoms with Crippen LogP contribution in [0.4, 0.5) is 4.39 Å². The maximum Gasteiger partial charge on any atom is 0.243 e. The molecular weight excluding hydrogens is 301 g/mol. The fourth-order valence-electron chi connectivity index (χ4n) is 2.02. The summed E-state index contributed by atoms with van der Waals surface area (Å²) in [6.45, 7) is 4.73. The van der Waals surface area contributed by atoms with Crippen LogP contribution in [0.5, 0.6) is 0 Å². The minimum absolute atomic E-state index is 0.0440. The average Bonchev–Trinajstić information content (AvgIpc) is 2.47. The number of rotatable bonds is 8. The van der Waals surface area contributed by atoms with Gasteiger partial charge in [-0.25, -0.2) is 4.39 Å². The molecule has 0 saturated carbocycles. The summed E-state index contributed by atoms with van der Waals surface area (Å²) in [7, 11) is 0. The number of halogens is 1. The normalized spacial score (nSPS) is 12.8. The molecule has 0 radical (unpaired) electrons. The molecule has 0 bridgehead atoms. The van der Waals surface area contributed by atoms with Gasteiger partial charge in [0, 0.05) is 13.3 Å². The average molecular weight is 321 g/mol. The van der Waals surface area contributed by atoms with E-state index in [0.29, 0.717) is 0 Å². The van der Waals surface area contributed by atoms with E-state index < -0.39 is 35.6 Å². The number of carbonyl (C=O) groups is 3. The van der Waals surface area contributed by atoms with E-state index in [1.807, 2.05) is 0 Å². The van der Waals surface area contributed by atoms with Crippen molar-refractivity contribution in [2.75, 3.05) is 0 Å². The van der Waals surface area contributed by atoms with Crippen LogP contribution in [0.25, 0.3) is 0 Å². The molecule has 0 fully saturated rings. The predicted molar refractivity (Wildman–Crippen MR) is 83.6 cm³/mol. The van der Waals surface area contributed by atoms with Crippen LogP contribution in [0.1, 0.15) is 18.9 Å². The van der Waals surface area contributed by atoms with E-state index >= 15 is 0 Å². The Labute approximate surface area is 133 Å². The Morgan fingerprint density at radius 1 is 1.26 bits per heavy atom. The van der Waals surface area contributed by atoms with Crippen LogP contribution in [-0.4, -0.2) is 29.8 Å². The minimum Gasteiger partial charge on any atom is -0.368 e. The zero-order chi connectivity index (χ0) is 17.4. The molecule has 0 heterocycles. The van der Waals surface area contributed by atoms with E-state index in [1.165, 1.54) is 31.2 Å². The Bertz CT molecular complexity index is 604. The molecule has 0 spiro atoms. The summed E-state index contributed by atoms with van der Waals surface area (Å²) in [5, 5.41) is 4.89. The van der Waals surface area contributed by atoms with E-state index in [1.54, 1.807) is 6.07 Å². The lowest BCUT2D eigenvalue weighted by molar-refractivity contribution is -0.130. The van der Waals surface area contributed by atoms with Crippen LogP contribution >= 0.6 is 0 Å². The zero-order valence-electron chi connectivity index (χ0n) is 12.8. The van der Waals surface area contributed by atoms with Crippen LogP contribution in [0.2, 0.25) is 0 Å². The Balaban J connectivity index is 2.90. The molecule has 0 aromatic heterocycles. The Morgan fingerprint density at radius 3 is 2.43 bits per heavy atom. The van der Waals surface area contributed by atoms with Crippen molar-refractivity contribution in [3.63, 3.8) is 0 Å². The van der Waals surface area contributed by atoms with E-state index in [9.17, 15) is 18.8 Å². The lowest BCUT2D eigenvalue weighted by Gasteiger charge is -2.21. The fraction of sp³-hybridized carbons (Fsp3) is 0.312. The molecule has 6 nitrogen and oxygen atoms in total. The van der Waals surface area contributed by atoms with Crippen molar-refractivity contribution < 1.29 is 18.8 Å². The number of benzene rings is 1. The third-order valence-corrected chi connectivity index (χ3v) is 3.14. The van der Waals surface area contributed by atoms with Gasteiger partial charge in [0.25, 0.3) is 0 Å². The topological polar surface area (TPSA) is 101 Å². The van der Waals surface area contributed by atoms with Crippen LogP contribution in [0.3, 0.4) is 0 Å². The molecule has 23 heavy (non-hydrogen) atoms. The van der Waals surface area contributed by atoms with Crippen molar-refractivity contribution in [3.8, 4) is 0 Å². The maximum atomic E-state index is 13.7. The molecule has 124 valence electrons. The molecule has 0 unspecified atom stereocenters. The summed E-state index contributed by atoms with van der Waals surface area (Å²) in [4.78, 5) is 34.9. The first-order chi connectivity index (χ1) is 10.8. The highest BCUT2D eigenvalue weighted by Crippen LogP contribution is 2.10. The number of nitrogens with two attached hydrogens (primary N) is 1. The number of hydrogen-bond donors (Lipinski definition) is 3. The van der Waals surface area contributed by atoms with Crippen molar-refractivity contribution in [1.82, 2.24) is 10.6 Å². The summed E-state index contributed by atoms with van der Waals surface area (Å²) in [5.74, 6) is -2.26. The molecule has 1 aromatic carbocycles. The standard InChI is InChI=1S/C16H20FN3O3/c1-3-6-13(15(18)22)20-16(23)14(19-10(2)21)9-11-7-4-5-8-12(11)17/h3-5,7-8,13-14H,1,6,9H2,2H3,(H2,18,22)(H,19,21)(H,20,23)/t13-,14-/m0/s1. The fourth-order valence-corrected chi connectivity index (χ4v) is 2.02. The second kappa shape index (κ2) is 8.67. The van der Waals surface area contributed by atoms with Gasteiger partial charge in [-0.3, -0.25) is 14.4 Å². The van der Waals surface area contributed by atoms with E-state index in [4.69, 9.17) is 5.73 Å². The summed E-state index contributed by atoms with van der Waals surface area (Å²) in [5.41, 5.74) is 5.48. The molecule has 1 rings (SSSR count). The first-order valence-electron chi connectivity index (χ1n) is 7.06. The van der Waals surface area contributed by atoms with Crippen molar-refractivity contribution in [2.24, 2.45) is 5.73 Å². The van der Waals surface area contributed by atoms with Gasteiger partial charge in [0.15, 0.2) is 0 Å². The molecule has 2 atom stereocenters. The molecule has 1 aromatic rings. The monoisotopic (exact) mass is 321 g/mol. The molecule has 4 N–H and O–H groups in total. The highest BCUT2D eigenvalue weighted by Gasteiger charge is 2.25. The van der Waals surface area contributed by atoms with Gasteiger partial charge in [-0.05, 0) is 18.1 Å². The third kappa shape index (κ3) is 5.90. The number of hydrogen-bond acceptors (Lipinski definition) is 3. The molecule has 0 aliphatic carbocycles. The number of amides is 3. The van der Waals surface area contributed by atoms with Gasteiger partial charge < -0.3 is 16.4 Å². The van der Waals surface area contributed by atoms with Gasteiger partial charge in [0.2, 0.25) is 17.7 Å². The summed E-state index contributed by atoms with van der Waals surface area (Å²) in [6.07, 6.45) is 1.56. The van der Waals surface area contributed by atoms with Crippen LogP contribution in [-0.2, 0) is 20.8 Å². The molecule has 0 saturated heterocycles. The van der Waals surface area contributed by atoms with Gasteiger partial charge in [-0.2, -0.15) is 0 Å². The summed E-state index contributed by atoms with van der Waals surface area (Å²) in [6, 6.07) is 3.99. The number of nitrogens with one attached hydrogen (secondary N) is 2.